The zero-order valence-corrected chi connectivity index (χ0v) is 15.2. The fourth-order valence-electron chi connectivity index (χ4n) is 3.21. The molecular formula is C21H21NO5. The Bertz CT molecular complexity index is 875. The van der Waals surface area contributed by atoms with Crippen LogP contribution < -0.4 is 4.74 Å². The van der Waals surface area contributed by atoms with Crippen molar-refractivity contribution in [3.8, 4) is 5.75 Å². The molecule has 140 valence electrons. The van der Waals surface area contributed by atoms with Crippen molar-refractivity contribution in [3.63, 3.8) is 0 Å². The van der Waals surface area contributed by atoms with Crippen LogP contribution in [0.15, 0.2) is 60.2 Å². The Morgan fingerprint density at radius 1 is 1.07 bits per heavy atom. The molecule has 0 saturated carbocycles. The van der Waals surface area contributed by atoms with Crippen LogP contribution in [-0.4, -0.2) is 49.1 Å². The lowest BCUT2D eigenvalue weighted by molar-refractivity contribution is -0.140. The normalized spacial score (nSPS) is 18.7. The summed E-state index contributed by atoms with van der Waals surface area (Å²) in [6.07, 6.45) is 0. The van der Waals surface area contributed by atoms with Crippen LogP contribution in [0.4, 0.5) is 0 Å². The molecule has 1 aliphatic heterocycles. The van der Waals surface area contributed by atoms with Crippen LogP contribution in [-0.2, 0) is 14.3 Å². The third kappa shape index (κ3) is 3.57. The highest BCUT2D eigenvalue weighted by molar-refractivity contribution is 6.46. The Kier molecular flexibility index (Phi) is 5.57. The van der Waals surface area contributed by atoms with E-state index in [4.69, 9.17) is 9.47 Å². The third-order valence-corrected chi connectivity index (χ3v) is 4.53. The van der Waals surface area contributed by atoms with Crippen molar-refractivity contribution in [2.75, 3.05) is 27.4 Å². The van der Waals surface area contributed by atoms with Gasteiger partial charge in [0.1, 0.15) is 11.5 Å². The molecule has 1 saturated heterocycles. The number of Topliss-reactive ketones (excluding diaryl/α,β-unsaturated/α-hetero) is 1. The number of nitrogens with zero attached hydrogens (tertiary/aromatic N) is 1. The lowest BCUT2D eigenvalue weighted by Gasteiger charge is -2.25. The zero-order valence-electron chi connectivity index (χ0n) is 15.2. The van der Waals surface area contributed by atoms with E-state index < -0.39 is 17.7 Å². The number of hydrogen-bond acceptors (Lipinski definition) is 5. The van der Waals surface area contributed by atoms with E-state index in [0.29, 0.717) is 16.9 Å². The highest BCUT2D eigenvalue weighted by atomic mass is 16.5. The molecule has 0 radical (unpaired) electrons. The Balaban J connectivity index is 2.16. The number of likely N-dealkylation sites (tertiary alicyclic amines) is 1. The van der Waals surface area contributed by atoms with E-state index in [1.807, 2.05) is 6.07 Å². The van der Waals surface area contributed by atoms with Crippen molar-refractivity contribution in [2.24, 2.45) is 0 Å². The van der Waals surface area contributed by atoms with Crippen molar-refractivity contribution in [1.29, 1.82) is 0 Å². The number of aliphatic hydroxyl groups is 1. The lowest BCUT2D eigenvalue weighted by atomic mass is 9.95. The van der Waals surface area contributed by atoms with Gasteiger partial charge < -0.3 is 19.5 Å². The van der Waals surface area contributed by atoms with Crippen molar-refractivity contribution >= 4 is 17.4 Å². The van der Waals surface area contributed by atoms with Crippen LogP contribution in [0.2, 0.25) is 0 Å². The number of carbonyl (C=O) groups is 2. The second-order valence-corrected chi connectivity index (χ2v) is 6.13. The fourth-order valence-corrected chi connectivity index (χ4v) is 3.21. The molecule has 1 amide bonds. The van der Waals surface area contributed by atoms with Crippen LogP contribution in [0.25, 0.3) is 5.76 Å². The summed E-state index contributed by atoms with van der Waals surface area (Å²) in [6, 6.07) is 15.1. The predicted molar refractivity (Wildman–Crippen MR) is 100 cm³/mol. The van der Waals surface area contributed by atoms with E-state index in [2.05, 4.69) is 0 Å². The molecule has 2 aromatic rings. The van der Waals surface area contributed by atoms with Crippen molar-refractivity contribution in [1.82, 2.24) is 4.90 Å². The Labute approximate surface area is 157 Å². The van der Waals surface area contributed by atoms with E-state index in [0.717, 1.165) is 0 Å². The minimum absolute atomic E-state index is 0.0653. The first kappa shape index (κ1) is 18.7. The number of amides is 1. The summed E-state index contributed by atoms with van der Waals surface area (Å²) < 4.78 is 10.4. The molecule has 0 aliphatic carbocycles. The van der Waals surface area contributed by atoms with Gasteiger partial charge in [-0.15, -0.1) is 0 Å². The maximum Gasteiger partial charge on any atom is 0.295 e. The molecule has 1 fully saturated rings. The van der Waals surface area contributed by atoms with E-state index in [-0.39, 0.29) is 24.5 Å². The van der Waals surface area contributed by atoms with Gasteiger partial charge in [-0.3, -0.25) is 9.59 Å². The molecule has 1 atom stereocenters. The minimum Gasteiger partial charge on any atom is -0.507 e. The highest BCUT2D eigenvalue weighted by Crippen LogP contribution is 2.39. The largest absolute Gasteiger partial charge is 0.507 e. The van der Waals surface area contributed by atoms with Crippen molar-refractivity contribution in [2.45, 2.75) is 6.04 Å². The molecule has 1 N–H and O–H groups in total. The molecule has 0 bridgehead atoms. The van der Waals surface area contributed by atoms with Gasteiger partial charge in [0.15, 0.2) is 0 Å². The molecule has 1 aliphatic rings. The van der Waals surface area contributed by atoms with E-state index >= 15 is 0 Å². The second kappa shape index (κ2) is 8.05. The van der Waals surface area contributed by atoms with Gasteiger partial charge in [0, 0.05) is 19.2 Å². The lowest BCUT2D eigenvalue weighted by Crippen LogP contribution is -2.32. The van der Waals surface area contributed by atoms with Gasteiger partial charge in [0.05, 0.1) is 25.3 Å². The Morgan fingerprint density at radius 2 is 1.81 bits per heavy atom. The highest BCUT2D eigenvalue weighted by Gasteiger charge is 2.45. The van der Waals surface area contributed by atoms with Gasteiger partial charge in [0.25, 0.3) is 11.7 Å². The molecular weight excluding hydrogens is 346 g/mol. The average Bonchev–Trinajstić information content (AvgIpc) is 2.97. The SMILES string of the molecule is COCCN1C(=O)C(=O)C(=C(O)c2ccccc2)C1c1cccc(OC)c1. The molecule has 0 aromatic heterocycles. The maximum absolute atomic E-state index is 12.8. The minimum atomic E-state index is -0.713. The number of ether oxygens (including phenoxy) is 2. The summed E-state index contributed by atoms with van der Waals surface area (Å²) in [5.41, 5.74) is 1.23. The van der Waals surface area contributed by atoms with Gasteiger partial charge in [0.2, 0.25) is 0 Å². The third-order valence-electron chi connectivity index (χ3n) is 4.53. The van der Waals surface area contributed by atoms with Crippen LogP contribution in [0, 0.1) is 0 Å². The van der Waals surface area contributed by atoms with E-state index in [1.54, 1.807) is 55.6 Å². The summed E-state index contributed by atoms with van der Waals surface area (Å²) in [7, 11) is 3.08. The number of aliphatic hydroxyl groups excluding tert-OH is 1. The van der Waals surface area contributed by atoms with Crippen molar-refractivity contribution in [3.05, 3.63) is 71.3 Å². The monoisotopic (exact) mass is 367 g/mol. The Morgan fingerprint density at radius 3 is 2.48 bits per heavy atom. The van der Waals surface area contributed by atoms with Crippen LogP contribution in [0.3, 0.4) is 0 Å². The van der Waals surface area contributed by atoms with Gasteiger partial charge in [-0.25, -0.2) is 0 Å². The first-order chi connectivity index (χ1) is 13.1. The quantitative estimate of drug-likeness (QED) is 0.483. The van der Waals surface area contributed by atoms with Gasteiger partial charge >= 0.3 is 0 Å². The molecule has 6 nitrogen and oxygen atoms in total. The number of carbonyl (C=O) groups excluding carboxylic acids is 2. The van der Waals surface area contributed by atoms with E-state index in [9.17, 15) is 14.7 Å². The second-order valence-electron chi connectivity index (χ2n) is 6.13. The number of rotatable bonds is 6. The smallest absolute Gasteiger partial charge is 0.295 e. The summed E-state index contributed by atoms with van der Waals surface area (Å²) >= 11 is 0. The molecule has 2 aromatic carbocycles. The summed E-state index contributed by atoms with van der Waals surface area (Å²) in [5, 5.41) is 10.8. The summed E-state index contributed by atoms with van der Waals surface area (Å²) in [4.78, 5) is 26.8. The molecule has 27 heavy (non-hydrogen) atoms. The zero-order chi connectivity index (χ0) is 19.4. The van der Waals surface area contributed by atoms with Gasteiger partial charge in [-0.1, -0.05) is 42.5 Å². The first-order valence-electron chi connectivity index (χ1n) is 8.55. The van der Waals surface area contributed by atoms with Crippen LogP contribution in [0.1, 0.15) is 17.2 Å². The van der Waals surface area contributed by atoms with Crippen LogP contribution >= 0.6 is 0 Å². The topological polar surface area (TPSA) is 76.1 Å². The standard InChI is InChI=1S/C21H21NO5/c1-26-12-11-22-18(15-9-6-10-16(13-15)27-2)17(20(24)21(22)25)19(23)14-7-4-3-5-8-14/h3-10,13,18,23H,11-12H2,1-2H3. The van der Waals surface area contributed by atoms with E-state index in [1.165, 1.54) is 12.0 Å². The molecule has 1 heterocycles. The fraction of sp³-hybridized carbons (Fsp3) is 0.238. The van der Waals surface area contributed by atoms with Crippen molar-refractivity contribution < 1.29 is 24.2 Å². The Hall–Kier alpha value is -3.12. The van der Waals surface area contributed by atoms with Gasteiger partial charge in [-0.05, 0) is 17.7 Å². The molecule has 6 heteroatoms. The van der Waals surface area contributed by atoms with Gasteiger partial charge in [-0.2, -0.15) is 0 Å². The molecule has 3 rings (SSSR count). The molecule has 0 spiro atoms. The number of benzene rings is 2. The average molecular weight is 367 g/mol. The number of methoxy groups -OCH3 is 2. The predicted octanol–water partition coefficient (Wildman–Crippen LogP) is 2.76. The number of ketones is 1. The first-order valence-corrected chi connectivity index (χ1v) is 8.55. The van der Waals surface area contributed by atoms with Crippen LogP contribution in [0.5, 0.6) is 5.75 Å². The summed E-state index contributed by atoms with van der Waals surface area (Å²) in [5.74, 6) is -0.955. The number of hydrogen-bond donors (Lipinski definition) is 1. The molecule has 1 unspecified atom stereocenters. The maximum atomic E-state index is 12.8. The summed E-state index contributed by atoms with van der Waals surface area (Å²) in [6.45, 7) is 0.507.